The number of rotatable bonds is 54. The SMILES string of the molecule is CC/C=C\C/C=C\C/C=C\C/C=C\C/C=C\C/C=C\C/C=C\CCCCCC(=O)OCC(COC(=O)CCCC/C=C\C/C=C\C/C=C\C/C=C\CC)OC(=O)CCCCCCCCCC/C=C\C/C=C\C/C=C\C/C=C\CC. The van der Waals surface area contributed by atoms with Crippen LogP contribution >= 0.6 is 0 Å². The molecule has 440 valence electrons. The maximum absolute atomic E-state index is 12.9. The largest absolute Gasteiger partial charge is 0.462 e. The van der Waals surface area contributed by atoms with E-state index < -0.39 is 6.10 Å². The fourth-order valence-electron chi connectivity index (χ4n) is 7.81. The molecule has 0 amide bonds. The Labute approximate surface area is 484 Å². The molecule has 0 aromatic heterocycles. The normalized spacial score (nSPS) is 13.4. The summed E-state index contributed by atoms with van der Waals surface area (Å²) in [4.78, 5) is 38.3. The van der Waals surface area contributed by atoms with Crippen LogP contribution in [0.2, 0.25) is 0 Å². The summed E-state index contributed by atoms with van der Waals surface area (Å²) in [5, 5.41) is 0. The molecule has 0 bridgehead atoms. The van der Waals surface area contributed by atoms with Crippen LogP contribution in [-0.2, 0) is 28.6 Å². The molecule has 0 fully saturated rings. The van der Waals surface area contributed by atoms with E-state index in [1.54, 1.807) is 0 Å². The standard InChI is InChI=1S/C73H112O6/c1-4-7-10-13-16-19-22-25-28-30-32-34-35-36-37-39-40-42-45-48-51-54-57-60-63-66-72(75)78-69-70(68-77-71(74)65-62-59-56-53-50-47-44-27-24-21-18-15-12-9-6-3)79-73(76)67-64-61-58-55-52-49-46-43-41-38-33-31-29-26-23-20-17-14-11-8-5-2/h7-12,16-21,25-29,32-34,36-38,40,42,44,48,50-51,53,70H,4-6,13-15,22-24,30-31,35,39,41,43,45-47,49,52,54-69H2,1-3H3/b10-7-,11-8-,12-9-,19-16-,20-17-,21-18-,28-25-,29-26-,34-32-,37-36-,38-33-,42-40-,44-27-,51-48-,53-50-. The molecule has 1 unspecified atom stereocenters. The lowest BCUT2D eigenvalue weighted by atomic mass is 10.1. The average Bonchev–Trinajstić information content (AvgIpc) is 3.45. The molecule has 0 aromatic carbocycles. The van der Waals surface area contributed by atoms with Crippen molar-refractivity contribution in [1.82, 2.24) is 0 Å². The van der Waals surface area contributed by atoms with E-state index in [-0.39, 0.29) is 37.5 Å². The lowest BCUT2D eigenvalue weighted by molar-refractivity contribution is -0.167. The van der Waals surface area contributed by atoms with Gasteiger partial charge in [0.2, 0.25) is 0 Å². The number of hydrogen-bond acceptors (Lipinski definition) is 6. The van der Waals surface area contributed by atoms with Gasteiger partial charge in [0.1, 0.15) is 13.2 Å². The van der Waals surface area contributed by atoms with Crippen LogP contribution in [-0.4, -0.2) is 37.2 Å². The average molecular weight is 1090 g/mol. The molecule has 6 nitrogen and oxygen atoms in total. The van der Waals surface area contributed by atoms with Gasteiger partial charge in [0.25, 0.3) is 0 Å². The number of unbranched alkanes of at least 4 members (excludes halogenated alkanes) is 13. The van der Waals surface area contributed by atoms with Crippen molar-refractivity contribution < 1.29 is 28.6 Å². The minimum atomic E-state index is -0.826. The Morgan fingerprint density at radius 2 is 0.456 bits per heavy atom. The first-order chi connectivity index (χ1) is 39.0. The summed E-state index contributed by atoms with van der Waals surface area (Å²) in [6.45, 7) is 6.21. The van der Waals surface area contributed by atoms with Crippen molar-refractivity contribution in [2.24, 2.45) is 0 Å². The summed E-state index contributed by atoms with van der Waals surface area (Å²) in [7, 11) is 0. The van der Waals surface area contributed by atoms with Crippen LogP contribution in [0.1, 0.15) is 239 Å². The number of carbonyl (C=O) groups is 3. The van der Waals surface area contributed by atoms with Gasteiger partial charge in [-0.05, 0) is 154 Å². The summed E-state index contributed by atoms with van der Waals surface area (Å²) in [5.74, 6) is -1.01. The van der Waals surface area contributed by atoms with Crippen molar-refractivity contribution >= 4 is 17.9 Å². The third-order valence-electron chi connectivity index (χ3n) is 12.4. The second-order valence-electron chi connectivity index (χ2n) is 19.8. The Morgan fingerprint density at radius 3 is 0.747 bits per heavy atom. The van der Waals surface area contributed by atoms with Crippen molar-refractivity contribution in [1.29, 1.82) is 0 Å². The monoisotopic (exact) mass is 1080 g/mol. The topological polar surface area (TPSA) is 78.9 Å². The van der Waals surface area contributed by atoms with Crippen molar-refractivity contribution in [3.8, 4) is 0 Å². The highest BCUT2D eigenvalue weighted by molar-refractivity contribution is 5.71. The second-order valence-corrected chi connectivity index (χ2v) is 19.8. The first-order valence-corrected chi connectivity index (χ1v) is 31.3. The highest BCUT2D eigenvalue weighted by Gasteiger charge is 2.19. The van der Waals surface area contributed by atoms with Crippen LogP contribution in [0.3, 0.4) is 0 Å². The zero-order chi connectivity index (χ0) is 57.1. The Hall–Kier alpha value is -5.49. The maximum Gasteiger partial charge on any atom is 0.306 e. The molecule has 0 aliphatic carbocycles. The lowest BCUT2D eigenvalue weighted by Gasteiger charge is -2.18. The summed E-state index contributed by atoms with van der Waals surface area (Å²) < 4.78 is 16.8. The molecule has 0 aliphatic rings. The fraction of sp³-hybridized carbons (Fsp3) is 0.548. The smallest absolute Gasteiger partial charge is 0.306 e. The third-order valence-corrected chi connectivity index (χ3v) is 12.4. The quantitative estimate of drug-likeness (QED) is 0.0261. The fourth-order valence-corrected chi connectivity index (χ4v) is 7.81. The van der Waals surface area contributed by atoms with Gasteiger partial charge in [-0.15, -0.1) is 0 Å². The molecule has 0 aromatic rings. The number of esters is 3. The Bertz CT molecular complexity index is 1870. The van der Waals surface area contributed by atoms with Gasteiger partial charge in [0.05, 0.1) is 0 Å². The number of allylic oxidation sites excluding steroid dienone is 30. The van der Waals surface area contributed by atoms with Crippen LogP contribution < -0.4 is 0 Å². The van der Waals surface area contributed by atoms with Crippen molar-refractivity contribution in [2.75, 3.05) is 13.2 Å². The zero-order valence-electron chi connectivity index (χ0n) is 50.3. The van der Waals surface area contributed by atoms with Crippen LogP contribution in [0.25, 0.3) is 0 Å². The summed E-state index contributed by atoms with van der Waals surface area (Å²) in [6, 6.07) is 0. The predicted octanol–water partition coefficient (Wildman–Crippen LogP) is 21.7. The molecule has 0 N–H and O–H groups in total. The molecule has 0 radical (unpaired) electrons. The molecule has 0 saturated heterocycles. The van der Waals surface area contributed by atoms with E-state index in [1.165, 1.54) is 32.1 Å². The molecule has 0 saturated carbocycles. The summed E-state index contributed by atoms with van der Waals surface area (Å²) >= 11 is 0. The minimum absolute atomic E-state index is 0.122. The van der Waals surface area contributed by atoms with E-state index in [0.29, 0.717) is 19.3 Å². The van der Waals surface area contributed by atoms with Crippen LogP contribution in [0.15, 0.2) is 182 Å². The van der Waals surface area contributed by atoms with Crippen LogP contribution in [0, 0.1) is 0 Å². The minimum Gasteiger partial charge on any atom is -0.462 e. The van der Waals surface area contributed by atoms with E-state index in [9.17, 15) is 14.4 Å². The number of hydrogen-bond donors (Lipinski definition) is 0. The van der Waals surface area contributed by atoms with Gasteiger partial charge in [-0.3, -0.25) is 14.4 Å². The molecular formula is C73H112O6. The molecule has 1 atom stereocenters. The first-order valence-electron chi connectivity index (χ1n) is 31.3. The molecule has 79 heavy (non-hydrogen) atoms. The Kier molecular flexibility index (Phi) is 60.5. The second kappa shape index (κ2) is 65.0. The van der Waals surface area contributed by atoms with Crippen LogP contribution in [0.5, 0.6) is 0 Å². The zero-order valence-corrected chi connectivity index (χ0v) is 50.3. The van der Waals surface area contributed by atoms with E-state index in [4.69, 9.17) is 14.2 Å². The number of carbonyl (C=O) groups excluding carboxylic acids is 3. The molecule has 0 aliphatic heterocycles. The summed E-state index contributed by atoms with van der Waals surface area (Å²) in [5.41, 5.74) is 0. The van der Waals surface area contributed by atoms with Gasteiger partial charge in [-0.25, -0.2) is 0 Å². The van der Waals surface area contributed by atoms with Crippen LogP contribution in [0.4, 0.5) is 0 Å². The Morgan fingerprint density at radius 1 is 0.253 bits per heavy atom. The van der Waals surface area contributed by atoms with Gasteiger partial charge in [0.15, 0.2) is 6.10 Å². The Balaban J connectivity index is 4.54. The molecule has 0 heterocycles. The lowest BCUT2D eigenvalue weighted by Crippen LogP contribution is -2.30. The highest BCUT2D eigenvalue weighted by Crippen LogP contribution is 2.13. The third kappa shape index (κ3) is 63.2. The van der Waals surface area contributed by atoms with Crippen molar-refractivity contribution in [3.05, 3.63) is 182 Å². The maximum atomic E-state index is 12.9. The van der Waals surface area contributed by atoms with Gasteiger partial charge in [-0.1, -0.05) is 248 Å². The molecule has 0 rings (SSSR count). The molecular weight excluding hydrogens is 973 g/mol. The van der Waals surface area contributed by atoms with Gasteiger partial charge in [0, 0.05) is 19.3 Å². The summed E-state index contributed by atoms with van der Waals surface area (Å²) in [6.07, 6.45) is 97.5. The predicted molar refractivity (Wildman–Crippen MR) is 343 cm³/mol. The van der Waals surface area contributed by atoms with Gasteiger partial charge >= 0.3 is 17.9 Å². The van der Waals surface area contributed by atoms with Crippen molar-refractivity contribution in [2.45, 2.75) is 245 Å². The van der Waals surface area contributed by atoms with E-state index in [2.05, 4.69) is 203 Å². The first kappa shape index (κ1) is 73.5. The van der Waals surface area contributed by atoms with Gasteiger partial charge < -0.3 is 14.2 Å². The van der Waals surface area contributed by atoms with E-state index >= 15 is 0 Å². The van der Waals surface area contributed by atoms with E-state index in [0.717, 1.165) is 161 Å². The highest BCUT2D eigenvalue weighted by atomic mass is 16.6. The number of ether oxygens (including phenoxy) is 3. The van der Waals surface area contributed by atoms with Gasteiger partial charge in [-0.2, -0.15) is 0 Å². The van der Waals surface area contributed by atoms with E-state index in [1.807, 2.05) is 0 Å². The van der Waals surface area contributed by atoms with Crippen molar-refractivity contribution in [3.63, 3.8) is 0 Å². The molecule has 6 heteroatoms. The molecule has 0 spiro atoms.